The number of rotatable bonds is 54. The number of phosphoric ester groups is 1. The van der Waals surface area contributed by atoms with Crippen LogP contribution in [0.15, 0.2) is 0 Å². The van der Waals surface area contributed by atoms with E-state index in [9.17, 15) is 34.9 Å². The van der Waals surface area contributed by atoms with E-state index in [2.05, 4.69) is 27.4 Å². The minimum Gasteiger partial charge on any atom is -0.395 e. The molecule has 396 valence electrons. The highest BCUT2D eigenvalue weighted by atomic mass is 31.2. The zero-order valence-corrected chi connectivity index (χ0v) is 42.4. The largest absolute Gasteiger partial charge is 0.474 e. The minimum atomic E-state index is -4.19. The van der Waals surface area contributed by atoms with Gasteiger partial charge in [-0.25, -0.2) is 4.57 Å². The van der Waals surface area contributed by atoms with Crippen LogP contribution in [0.4, 0.5) is 0 Å². The highest BCUT2D eigenvalue weighted by Gasteiger charge is 2.28. The van der Waals surface area contributed by atoms with E-state index in [1.165, 1.54) is 81.9 Å². The first-order valence-corrected chi connectivity index (χ1v) is 27.1. The molecule has 0 heterocycles. The number of carbonyl (C=O) groups excluding carboxylic acids is 1. The Morgan fingerprint density at radius 3 is 1.08 bits per heavy atom. The lowest BCUT2D eigenvalue weighted by atomic mass is 10.0. The number of phosphoric acid groups is 1. The predicted octanol–water partition coefficient (Wildman–Crippen LogP) is 1.57. The number of amides is 1. The predicted molar refractivity (Wildman–Crippen MR) is 263 cm³/mol. The summed E-state index contributed by atoms with van der Waals surface area (Å²) in [6, 6.07) is 0. The Morgan fingerprint density at radius 2 is 0.727 bits per heavy atom. The van der Waals surface area contributed by atoms with Crippen LogP contribution in [0.1, 0.15) is 110 Å². The van der Waals surface area contributed by atoms with E-state index in [1.54, 1.807) is 0 Å². The van der Waals surface area contributed by atoms with Gasteiger partial charge in [0.1, 0.15) is 0 Å². The number of unbranched alkanes of at least 4 members (excludes halogenated alkanes) is 14. The van der Waals surface area contributed by atoms with Gasteiger partial charge in [-0.3, -0.25) is 38.0 Å². The van der Waals surface area contributed by atoms with Crippen molar-refractivity contribution in [3.05, 3.63) is 0 Å². The van der Waals surface area contributed by atoms with Gasteiger partial charge in [0.15, 0.2) is 0 Å². The van der Waals surface area contributed by atoms with Crippen LogP contribution in [0.2, 0.25) is 0 Å². The fourth-order valence-electron chi connectivity index (χ4n) is 7.58. The first-order valence-electron chi connectivity index (χ1n) is 25.6. The fraction of sp³-hybridized carbons (Fsp3) is 0.978. The summed E-state index contributed by atoms with van der Waals surface area (Å²) in [4.78, 5) is 22.8. The Balaban J connectivity index is 5.35. The van der Waals surface area contributed by atoms with Crippen molar-refractivity contribution < 1.29 is 58.7 Å². The lowest BCUT2D eigenvalue weighted by Crippen LogP contribution is -2.42. The average molecular weight is 974 g/mol. The summed E-state index contributed by atoms with van der Waals surface area (Å²) in [5, 5.41) is 72.9. The second-order valence-electron chi connectivity index (χ2n) is 17.0. The molecule has 0 aromatic rings. The molecule has 0 saturated heterocycles. The number of nitrogens with one attached hydrogen (secondary N) is 2. The molecule has 0 aliphatic rings. The van der Waals surface area contributed by atoms with E-state index in [0.717, 1.165) is 19.3 Å². The molecule has 0 unspecified atom stereocenters. The van der Waals surface area contributed by atoms with Gasteiger partial charge >= 0.3 is 7.82 Å². The number of aliphatic hydroxyl groups excluding tert-OH is 7. The van der Waals surface area contributed by atoms with Crippen molar-refractivity contribution in [1.29, 1.82) is 0 Å². The molecular formula is C46H100N7O12P. The Labute approximate surface area is 400 Å². The molecule has 0 atom stereocenters. The van der Waals surface area contributed by atoms with Crippen LogP contribution in [0.3, 0.4) is 0 Å². The van der Waals surface area contributed by atoms with E-state index in [-0.39, 0.29) is 85.1 Å². The average Bonchev–Trinajstić information content (AvgIpc) is 3.30. The third-order valence-corrected chi connectivity index (χ3v) is 13.1. The monoisotopic (exact) mass is 974 g/mol. The summed E-state index contributed by atoms with van der Waals surface area (Å²) >= 11 is 0. The lowest BCUT2D eigenvalue weighted by molar-refractivity contribution is -0.132. The summed E-state index contributed by atoms with van der Waals surface area (Å²) in [6.07, 6.45) is 18.9. The van der Waals surface area contributed by atoms with Crippen molar-refractivity contribution in [2.75, 3.05) is 184 Å². The van der Waals surface area contributed by atoms with Gasteiger partial charge in [0.05, 0.1) is 66.1 Å². The molecule has 0 spiro atoms. The minimum absolute atomic E-state index is 0.0125. The Hall–Kier alpha value is -0.940. The number of aliphatic hydroxyl groups is 7. The van der Waals surface area contributed by atoms with Crippen LogP contribution in [0, 0.1) is 0 Å². The van der Waals surface area contributed by atoms with Crippen molar-refractivity contribution in [1.82, 2.24) is 35.1 Å². The van der Waals surface area contributed by atoms with Crippen molar-refractivity contribution in [2.45, 2.75) is 110 Å². The molecule has 0 fully saturated rings. The first kappa shape index (κ1) is 65.1. The Bertz CT molecular complexity index is 1040. The van der Waals surface area contributed by atoms with Gasteiger partial charge in [0.2, 0.25) is 5.91 Å². The summed E-state index contributed by atoms with van der Waals surface area (Å²) in [6.45, 7) is 9.85. The maximum Gasteiger partial charge on any atom is 0.474 e. The van der Waals surface area contributed by atoms with Crippen LogP contribution in [0.5, 0.6) is 0 Å². The van der Waals surface area contributed by atoms with Gasteiger partial charge in [-0.15, -0.1) is 0 Å². The third kappa shape index (κ3) is 39.9. The normalized spacial score (nSPS) is 12.2. The summed E-state index contributed by atoms with van der Waals surface area (Å²) in [7, 11) is -4.19. The quantitative estimate of drug-likeness (QED) is 0.0310. The van der Waals surface area contributed by atoms with Crippen molar-refractivity contribution in [3.63, 3.8) is 0 Å². The fourth-order valence-corrected chi connectivity index (χ4v) is 8.72. The highest BCUT2D eigenvalue weighted by Crippen LogP contribution is 2.49. The van der Waals surface area contributed by atoms with E-state index in [0.29, 0.717) is 111 Å². The van der Waals surface area contributed by atoms with E-state index in [4.69, 9.17) is 23.8 Å². The smallest absolute Gasteiger partial charge is 0.395 e. The maximum absolute atomic E-state index is 14.2. The van der Waals surface area contributed by atoms with Crippen molar-refractivity contribution in [3.8, 4) is 0 Å². The summed E-state index contributed by atoms with van der Waals surface area (Å²) in [5.74, 6) is -0.0999. The number of nitrogens with zero attached hydrogens (tertiary/aromatic N) is 5. The molecule has 0 saturated carbocycles. The number of hydrogen-bond donors (Lipinski definition) is 9. The molecule has 1 amide bonds. The maximum atomic E-state index is 14.2. The van der Waals surface area contributed by atoms with Gasteiger partial charge in [-0.2, -0.15) is 0 Å². The topological polar surface area (TPSA) is 244 Å². The standard InChI is InChI=1S/C46H100N7O12P/c1-2-3-4-5-6-7-8-9-10-11-12-13-14-15-16-17-46(61)53(32-42-60)35-45-65-66(62,63-43-33-51(30-40-58)26-24-49(28-38-56)22-18-47-20-36-54)64-44-34-52(31-41-59)27-25-50(29-39-57)23-19-48-21-37-55/h47-48,54-60H,2-45H2,1H3. The SMILES string of the molecule is CCCCCCCCCCCCCCCCCC(=O)N(CCO)CCOP(=O)(OCCN(CCO)CCN(CCO)CCNCCO)OCCN(CCO)CCN(CCO)CCNCCO. The zero-order chi connectivity index (χ0) is 48.6. The zero-order valence-electron chi connectivity index (χ0n) is 41.5. The van der Waals surface area contributed by atoms with Crippen LogP contribution >= 0.6 is 7.82 Å². The van der Waals surface area contributed by atoms with Gasteiger partial charge in [0.25, 0.3) is 0 Å². The first-order chi connectivity index (χ1) is 32.3. The molecular weight excluding hydrogens is 874 g/mol. The van der Waals surface area contributed by atoms with E-state index < -0.39 is 7.82 Å². The molecule has 66 heavy (non-hydrogen) atoms. The summed E-state index contributed by atoms with van der Waals surface area (Å²) < 4.78 is 31.8. The number of carbonyl (C=O) groups is 1. The van der Waals surface area contributed by atoms with Gasteiger partial charge in [-0.1, -0.05) is 96.8 Å². The number of hydrogen-bond acceptors (Lipinski definition) is 18. The molecule has 0 rings (SSSR count). The molecule has 0 bridgehead atoms. The van der Waals surface area contributed by atoms with Crippen molar-refractivity contribution >= 4 is 13.7 Å². The molecule has 0 radical (unpaired) electrons. The van der Waals surface area contributed by atoms with Gasteiger partial charge in [0, 0.05) is 124 Å². The second-order valence-corrected chi connectivity index (χ2v) is 18.6. The van der Waals surface area contributed by atoms with Gasteiger partial charge in [-0.05, 0) is 6.42 Å². The molecule has 20 heteroatoms. The van der Waals surface area contributed by atoms with Crippen LogP contribution in [0.25, 0.3) is 0 Å². The van der Waals surface area contributed by atoms with E-state index >= 15 is 0 Å². The van der Waals surface area contributed by atoms with Crippen molar-refractivity contribution in [2.24, 2.45) is 0 Å². The Kier molecular flexibility index (Phi) is 48.4. The molecule has 19 nitrogen and oxygen atoms in total. The van der Waals surface area contributed by atoms with Crippen LogP contribution in [-0.2, 0) is 22.9 Å². The van der Waals surface area contributed by atoms with Gasteiger partial charge < -0.3 is 51.3 Å². The molecule has 0 aromatic heterocycles. The molecule has 0 aliphatic heterocycles. The third-order valence-electron chi connectivity index (χ3n) is 11.6. The molecule has 9 N–H and O–H groups in total. The summed E-state index contributed by atoms with van der Waals surface area (Å²) in [5.41, 5.74) is 0. The molecule has 0 aromatic carbocycles. The highest BCUT2D eigenvalue weighted by molar-refractivity contribution is 7.48. The van der Waals surface area contributed by atoms with Crippen LogP contribution < -0.4 is 10.6 Å². The Morgan fingerprint density at radius 1 is 0.394 bits per heavy atom. The van der Waals surface area contributed by atoms with Crippen LogP contribution in [-0.4, -0.2) is 250 Å². The van der Waals surface area contributed by atoms with E-state index in [1.807, 2.05) is 9.80 Å². The second kappa shape index (κ2) is 49.1. The molecule has 0 aliphatic carbocycles. The lowest BCUT2D eigenvalue weighted by Gasteiger charge is -2.28.